The molecule has 1 fully saturated rings. The number of benzene rings is 1. The molecule has 3 amide bonds. The zero-order valence-corrected chi connectivity index (χ0v) is 16.9. The number of carbonyl (C=O) groups excluding carboxylic acids is 3. The van der Waals surface area contributed by atoms with E-state index in [4.69, 9.17) is 0 Å². The summed E-state index contributed by atoms with van der Waals surface area (Å²) in [6.45, 7) is 2.78. The van der Waals surface area contributed by atoms with Gasteiger partial charge < -0.3 is 15.5 Å². The molecule has 0 radical (unpaired) electrons. The van der Waals surface area contributed by atoms with Gasteiger partial charge in [-0.05, 0) is 30.5 Å². The van der Waals surface area contributed by atoms with Crippen LogP contribution in [0.3, 0.4) is 0 Å². The Morgan fingerprint density at radius 2 is 2.03 bits per heavy atom. The molecule has 0 spiro atoms. The number of fused-ring (bicyclic) bond motifs is 1. The Hall–Kier alpha value is -3.00. The number of hydrogen-bond donors (Lipinski definition) is 2. The Morgan fingerprint density at radius 3 is 2.79 bits per heavy atom. The van der Waals surface area contributed by atoms with Crippen LogP contribution >= 0.6 is 11.3 Å². The van der Waals surface area contributed by atoms with E-state index in [1.54, 1.807) is 11.8 Å². The summed E-state index contributed by atoms with van der Waals surface area (Å²) in [5.74, 6) is -0.194. The molecule has 8 heteroatoms. The van der Waals surface area contributed by atoms with Crippen LogP contribution in [0.1, 0.15) is 31.7 Å². The van der Waals surface area contributed by atoms with Crippen LogP contribution in [0.15, 0.2) is 40.0 Å². The summed E-state index contributed by atoms with van der Waals surface area (Å²) in [5, 5.41) is 9.61. The van der Waals surface area contributed by atoms with Crippen LogP contribution in [0.5, 0.6) is 0 Å². The van der Waals surface area contributed by atoms with Gasteiger partial charge in [-0.1, -0.05) is 12.1 Å². The fourth-order valence-electron chi connectivity index (χ4n) is 3.65. The van der Waals surface area contributed by atoms with Gasteiger partial charge in [-0.2, -0.15) is 0 Å². The summed E-state index contributed by atoms with van der Waals surface area (Å²) >= 11 is 1.49. The van der Waals surface area contributed by atoms with Crippen LogP contribution in [0.2, 0.25) is 0 Å². The molecule has 0 saturated carbocycles. The molecule has 29 heavy (non-hydrogen) atoms. The van der Waals surface area contributed by atoms with Gasteiger partial charge in [-0.15, -0.1) is 11.3 Å². The smallest absolute Gasteiger partial charge is 0.230 e. The highest BCUT2D eigenvalue weighted by Crippen LogP contribution is 2.33. The normalized spacial score (nSPS) is 17.1. The van der Waals surface area contributed by atoms with Crippen molar-refractivity contribution in [2.24, 2.45) is 10.9 Å². The molecule has 1 saturated heterocycles. The van der Waals surface area contributed by atoms with Gasteiger partial charge in [0.2, 0.25) is 17.7 Å². The molecule has 0 unspecified atom stereocenters. The van der Waals surface area contributed by atoms with Crippen molar-refractivity contribution < 1.29 is 14.4 Å². The fraction of sp³-hybridized carbons (Fsp3) is 0.333. The van der Waals surface area contributed by atoms with Crippen LogP contribution in [0.4, 0.5) is 17.1 Å². The Kier molecular flexibility index (Phi) is 5.44. The zero-order valence-electron chi connectivity index (χ0n) is 16.1. The first kappa shape index (κ1) is 19.3. The highest BCUT2D eigenvalue weighted by atomic mass is 32.1. The highest BCUT2D eigenvalue weighted by Gasteiger charge is 2.26. The molecule has 2 N–H and O–H groups in total. The van der Waals surface area contributed by atoms with Crippen molar-refractivity contribution in [3.8, 4) is 0 Å². The van der Waals surface area contributed by atoms with Crippen molar-refractivity contribution in [1.29, 1.82) is 0 Å². The van der Waals surface area contributed by atoms with Gasteiger partial charge in [0.25, 0.3) is 0 Å². The van der Waals surface area contributed by atoms with E-state index in [2.05, 4.69) is 15.6 Å². The first-order valence-electron chi connectivity index (χ1n) is 9.60. The van der Waals surface area contributed by atoms with Gasteiger partial charge in [-0.25, -0.2) is 4.99 Å². The summed E-state index contributed by atoms with van der Waals surface area (Å²) in [6.07, 6.45) is 1.51. The largest absolute Gasteiger partial charge is 0.343 e. The number of carbonyl (C=O) groups is 3. The third-order valence-corrected chi connectivity index (χ3v) is 6.00. The van der Waals surface area contributed by atoms with Crippen LogP contribution in [0, 0.1) is 5.92 Å². The molecule has 150 valence electrons. The average Bonchev–Trinajstić information content (AvgIpc) is 3.07. The van der Waals surface area contributed by atoms with E-state index >= 15 is 0 Å². The van der Waals surface area contributed by atoms with Gasteiger partial charge in [0.05, 0.1) is 23.5 Å². The third kappa shape index (κ3) is 4.37. The lowest BCUT2D eigenvalue weighted by molar-refractivity contribution is -0.132. The molecule has 0 bridgehead atoms. The maximum absolute atomic E-state index is 12.7. The minimum absolute atomic E-state index is 0.0361. The maximum Gasteiger partial charge on any atom is 0.230 e. The van der Waals surface area contributed by atoms with E-state index in [0.29, 0.717) is 37.3 Å². The van der Waals surface area contributed by atoms with Gasteiger partial charge in [-0.3, -0.25) is 14.4 Å². The summed E-state index contributed by atoms with van der Waals surface area (Å²) in [4.78, 5) is 42.7. The molecule has 2 aromatic rings. The van der Waals surface area contributed by atoms with Crippen LogP contribution in [-0.2, 0) is 14.4 Å². The number of nitrogens with zero attached hydrogens (tertiary/aromatic N) is 2. The second-order valence-corrected chi connectivity index (χ2v) is 8.05. The Labute approximate surface area is 172 Å². The number of piperidine rings is 1. The van der Waals surface area contributed by atoms with Crippen molar-refractivity contribution in [2.75, 3.05) is 23.7 Å². The van der Waals surface area contributed by atoms with Gasteiger partial charge >= 0.3 is 0 Å². The van der Waals surface area contributed by atoms with E-state index in [-0.39, 0.29) is 30.1 Å². The van der Waals surface area contributed by atoms with Crippen LogP contribution in [0.25, 0.3) is 0 Å². The Morgan fingerprint density at radius 1 is 1.24 bits per heavy atom. The number of nitrogens with one attached hydrogen (secondary N) is 2. The molecule has 3 heterocycles. The van der Waals surface area contributed by atoms with Crippen molar-refractivity contribution >= 4 is 51.8 Å². The quantitative estimate of drug-likeness (QED) is 0.812. The second kappa shape index (κ2) is 8.16. The van der Waals surface area contributed by atoms with Crippen molar-refractivity contribution in [3.05, 3.63) is 40.6 Å². The lowest BCUT2D eigenvalue weighted by atomic mass is 9.95. The topological polar surface area (TPSA) is 90.9 Å². The Balaban J connectivity index is 1.47. The SMILES string of the molecule is CC(=O)N1CCC(C(=O)Nc2cccc(C3=Nc4cscc4NC(=O)C3)c2)CC1. The number of likely N-dealkylation sites (tertiary alicyclic amines) is 1. The fourth-order valence-corrected chi connectivity index (χ4v) is 4.34. The lowest BCUT2D eigenvalue weighted by Crippen LogP contribution is -2.40. The molecule has 7 nitrogen and oxygen atoms in total. The van der Waals surface area contributed by atoms with E-state index in [1.165, 1.54) is 11.3 Å². The summed E-state index contributed by atoms with van der Waals surface area (Å²) in [6, 6.07) is 7.43. The summed E-state index contributed by atoms with van der Waals surface area (Å²) < 4.78 is 0. The van der Waals surface area contributed by atoms with E-state index in [0.717, 1.165) is 16.9 Å². The standard InChI is InChI=1S/C21H22N4O3S/c1-13(26)25-7-5-14(6-8-25)21(28)22-16-4-2-3-15(9-16)17-10-20(27)24-19-12-29-11-18(19)23-17/h2-4,9,11-12,14H,5-8,10H2,1H3,(H,22,28)(H,24,27). The molecule has 2 aliphatic rings. The number of rotatable bonds is 3. The average molecular weight is 410 g/mol. The van der Waals surface area contributed by atoms with E-state index in [1.807, 2.05) is 35.0 Å². The van der Waals surface area contributed by atoms with Gasteiger partial charge in [0.1, 0.15) is 0 Å². The van der Waals surface area contributed by atoms with Crippen LogP contribution in [-0.4, -0.2) is 41.4 Å². The predicted octanol–water partition coefficient (Wildman–Crippen LogP) is 3.41. The van der Waals surface area contributed by atoms with E-state index in [9.17, 15) is 14.4 Å². The first-order chi connectivity index (χ1) is 14.0. The maximum atomic E-state index is 12.7. The predicted molar refractivity (Wildman–Crippen MR) is 114 cm³/mol. The van der Waals surface area contributed by atoms with Gasteiger partial charge in [0.15, 0.2) is 0 Å². The molecular formula is C21H22N4O3S. The molecule has 1 aromatic carbocycles. The molecule has 1 aromatic heterocycles. The van der Waals surface area contributed by atoms with Crippen molar-refractivity contribution in [2.45, 2.75) is 26.2 Å². The minimum atomic E-state index is -0.108. The molecule has 2 aliphatic heterocycles. The summed E-state index contributed by atoms with van der Waals surface area (Å²) in [7, 11) is 0. The van der Waals surface area contributed by atoms with Gasteiger partial charge in [0, 0.05) is 42.4 Å². The number of amides is 3. The number of anilines is 2. The lowest BCUT2D eigenvalue weighted by Gasteiger charge is -2.30. The van der Waals surface area contributed by atoms with Crippen molar-refractivity contribution in [3.63, 3.8) is 0 Å². The highest BCUT2D eigenvalue weighted by molar-refractivity contribution is 7.09. The summed E-state index contributed by atoms with van der Waals surface area (Å²) in [5.41, 5.74) is 3.65. The monoisotopic (exact) mass is 410 g/mol. The minimum Gasteiger partial charge on any atom is -0.343 e. The van der Waals surface area contributed by atoms with Crippen LogP contribution < -0.4 is 10.6 Å². The molecule has 0 aliphatic carbocycles. The molecular weight excluding hydrogens is 388 g/mol. The first-order valence-corrected chi connectivity index (χ1v) is 10.5. The number of aliphatic imine (C=N–C) groups is 1. The van der Waals surface area contributed by atoms with E-state index < -0.39 is 0 Å². The second-order valence-electron chi connectivity index (χ2n) is 7.30. The molecule has 4 rings (SSSR count). The zero-order chi connectivity index (χ0) is 20.4. The number of hydrogen-bond acceptors (Lipinski definition) is 5. The number of thiophene rings is 1. The van der Waals surface area contributed by atoms with Crippen molar-refractivity contribution in [1.82, 2.24) is 4.90 Å². The third-order valence-electron chi connectivity index (χ3n) is 5.27. The Bertz CT molecular complexity index is 989. The molecule has 0 atom stereocenters.